The van der Waals surface area contributed by atoms with E-state index in [1.807, 2.05) is 0 Å². The maximum atomic E-state index is 14.5. The van der Waals surface area contributed by atoms with Gasteiger partial charge in [-0.2, -0.15) is 0 Å². The minimum Gasteiger partial charge on any atom is -0.459 e. The van der Waals surface area contributed by atoms with Crippen molar-refractivity contribution in [3.05, 3.63) is 61.1 Å². The first kappa shape index (κ1) is 20.3. The number of ether oxygens (including phenoxy) is 1. The van der Waals surface area contributed by atoms with Crippen molar-refractivity contribution in [1.82, 2.24) is 9.13 Å². The summed E-state index contributed by atoms with van der Waals surface area (Å²) < 4.78 is 22.0. The summed E-state index contributed by atoms with van der Waals surface area (Å²) in [7, 11) is 1.47. The van der Waals surface area contributed by atoms with Gasteiger partial charge < -0.3 is 9.30 Å². The molecule has 3 rings (SSSR count). The molecule has 1 aliphatic carbocycles. The fraction of sp³-hybridized carbons (Fsp3) is 0.450. The number of carbonyl (C=O) groups is 1. The molecule has 28 heavy (non-hydrogen) atoms. The van der Waals surface area contributed by atoms with Crippen molar-refractivity contribution in [2.24, 2.45) is 7.05 Å². The van der Waals surface area contributed by atoms with E-state index in [9.17, 15) is 18.8 Å². The molecule has 0 atom stereocenters. The van der Waals surface area contributed by atoms with Gasteiger partial charge in [0.1, 0.15) is 11.9 Å². The van der Waals surface area contributed by atoms with Gasteiger partial charge >= 0.3 is 11.7 Å². The van der Waals surface area contributed by atoms with Crippen molar-refractivity contribution in [1.29, 1.82) is 0 Å². The first-order chi connectivity index (χ1) is 13.3. The van der Waals surface area contributed by atoms with Crippen LogP contribution in [0.1, 0.15) is 54.6 Å². The third-order valence-corrected chi connectivity index (χ3v) is 5.45. The molecular formula is C20H22ClFN2O4. The van der Waals surface area contributed by atoms with Crippen LogP contribution in [0.15, 0.2) is 27.8 Å². The van der Waals surface area contributed by atoms with E-state index < -0.39 is 23.0 Å². The Kier molecular flexibility index (Phi) is 6.03. The van der Waals surface area contributed by atoms with Gasteiger partial charge in [-0.1, -0.05) is 24.4 Å². The Bertz CT molecular complexity index is 1020. The van der Waals surface area contributed by atoms with Crippen LogP contribution in [0.3, 0.4) is 0 Å². The highest BCUT2D eigenvalue weighted by atomic mass is 35.5. The number of nitrogens with zero attached hydrogens (tertiary/aromatic N) is 2. The third kappa shape index (κ3) is 4.04. The zero-order valence-electron chi connectivity index (χ0n) is 15.8. The summed E-state index contributed by atoms with van der Waals surface area (Å²) in [5, 5.41) is -0.128. The van der Waals surface area contributed by atoms with Crippen molar-refractivity contribution in [2.75, 3.05) is 0 Å². The highest BCUT2D eigenvalue weighted by molar-refractivity contribution is 6.33. The number of hydrogen-bond donors (Lipinski definition) is 0. The number of carbonyl (C=O) groups excluding carboxylic acids is 1. The number of hydrogen-bond acceptors (Lipinski definition) is 4. The molecule has 0 N–H and O–H groups in total. The van der Waals surface area contributed by atoms with Crippen LogP contribution in [0.4, 0.5) is 4.39 Å². The predicted molar refractivity (Wildman–Crippen MR) is 104 cm³/mol. The van der Waals surface area contributed by atoms with Crippen LogP contribution in [0.2, 0.25) is 5.02 Å². The van der Waals surface area contributed by atoms with Crippen molar-refractivity contribution >= 4 is 17.6 Å². The third-order valence-electron chi connectivity index (χ3n) is 5.13. The molecule has 8 heteroatoms. The summed E-state index contributed by atoms with van der Waals surface area (Å²) in [5.74, 6) is -1.56. The average molecular weight is 409 g/mol. The molecule has 0 amide bonds. The largest absolute Gasteiger partial charge is 0.459 e. The SMILES string of the molecule is Cc1cc(=O)n(-c2cc(C(=O)OC3CCCCCC3)c(Cl)cc2F)c(=O)n1C. The van der Waals surface area contributed by atoms with Crippen LogP contribution in [-0.2, 0) is 11.8 Å². The summed E-state index contributed by atoms with van der Waals surface area (Å²) in [6, 6.07) is 3.25. The molecule has 1 heterocycles. The zero-order chi connectivity index (χ0) is 20.4. The van der Waals surface area contributed by atoms with Crippen LogP contribution in [-0.4, -0.2) is 21.2 Å². The summed E-state index contributed by atoms with van der Waals surface area (Å²) in [6.45, 7) is 1.60. The Labute approximate surface area is 166 Å². The van der Waals surface area contributed by atoms with E-state index in [1.54, 1.807) is 6.92 Å². The molecule has 1 aromatic heterocycles. The van der Waals surface area contributed by atoms with Gasteiger partial charge in [-0.05, 0) is 44.7 Å². The molecule has 0 radical (unpaired) electrons. The van der Waals surface area contributed by atoms with E-state index in [0.29, 0.717) is 10.3 Å². The minimum atomic E-state index is -0.876. The topological polar surface area (TPSA) is 70.3 Å². The summed E-state index contributed by atoms with van der Waals surface area (Å²) in [5.41, 5.74) is -1.37. The normalized spacial score (nSPS) is 15.3. The van der Waals surface area contributed by atoms with Gasteiger partial charge in [0.05, 0.1) is 16.3 Å². The molecule has 1 aliphatic rings. The maximum absolute atomic E-state index is 14.5. The molecule has 1 fully saturated rings. The fourth-order valence-electron chi connectivity index (χ4n) is 3.40. The smallest absolute Gasteiger partial charge is 0.340 e. The molecule has 0 bridgehead atoms. The van der Waals surface area contributed by atoms with Gasteiger partial charge in [0, 0.05) is 18.8 Å². The van der Waals surface area contributed by atoms with Crippen molar-refractivity contribution in [2.45, 2.75) is 51.6 Å². The van der Waals surface area contributed by atoms with Crippen molar-refractivity contribution < 1.29 is 13.9 Å². The summed E-state index contributed by atoms with van der Waals surface area (Å²) in [4.78, 5) is 37.4. The van der Waals surface area contributed by atoms with Gasteiger partial charge in [0.15, 0.2) is 0 Å². The van der Waals surface area contributed by atoms with Crippen molar-refractivity contribution in [3.63, 3.8) is 0 Å². The van der Waals surface area contributed by atoms with E-state index in [-0.39, 0.29) is 22.4 Å². The lowest BCUT2D eigenvalue weighted by molar-refractivity contribution is 0.0267. The van der Waals surface area contributed by atoms with Gasteiger partial charge in [-0.25, -0.2) is 18.5 Å². The Morgan fingerprint density at radius 1 is 1.14 bits per heavy atom. The lowest BCUT2D eigenvalue weighted by Gasteiger charge is -2.17. The summed E-state index contributed by atoms with van der Waals surface area (Å²) >= 11 is 6.06. The fourth-order valence-corrected chi connectivity index (χ4v) is 3.62. The van der Waals surface area contributed by atoms with Crippen molar-refractivity contribution in [3.8, 4) is 5.69 Å². The number of benzene rings is 1. The Morgan fingerprint density at radius 3 is 2.43 bits per heavy atom. The Morgan fingerprint density at radius 2 is 1.79 bits per heavy atom. The van der Waals surface area contributed by atoms with Gasteiger partial charge in [0.2, 0.25) is 0 Å². The van der Waals surface area contributed by atoms with Gasteiger partial charge in [-0.3, -0.25) is 4.79 Å². The quantitative estimate of drug-likeness (QED) is 0.575. The van der Waals surface area contributed by atoms with E-state index in [2.05, 4.69) is 0 Å². The van der Waals surface area contributed by atoms with Gasteiger partial charge in [0.25, 0.3) is 5.56 Å². The average Bonchev–Trinajstić information content (AvgIpc) is 2.90. The Hall–Kier alpha value is -2.41. The Balaban J connectivity index is 2.02. The maximum Gasteiger partial charge on any atom is 0.340 e. The zero-order valence-corrected chi connectivity index (χ0v) is 16.6. The number of aromatic nitrogens is 2. The number of rotatable bonds is 3. The lowest BCUT2D eigenvalue weighted by Crippen LogP contribution is -2.38. The first-order valence-corrected chi connectivity index (χ1v) is 9.67. The number of halogens is 2. The predicted octanol–water partition coefficient (Wildman–Crippen LogP) is 3.52. The van der Waals surface area contributed by atoms with Crippen LogP contribution in [0.25, 0.3) is 5.69 Å². The molecule has 1 saturated carbocycles. The monoisotopic (exact) mass is 408 g/mol. The second-order valence-corrected chi connectivity index (χ2v) is 7.51. The highest BCUT2D eigenvalue weighted by Gasteiger charge is 2.23. The molecule has 1 aromatic carbocycles. The minimum absolute atomic E-state index is 0.0724. The second kappa shape index (κ2) is 8.31. The standard InChI is InChI=1S/C20H22ClFN2O4/c1-12-9-18(25)24(20(27)23(12)2)17-10-14(15(21)11-16(17)22)19(26)28-13-7-5-3-4-6-8-13/h9-11,13H,3-8H2,1-2H3. The van der Waals surface area contributed by atoms with E-state index >= 15 is 0 Å². The first-order valence-electron chi connectivity index (χ1n) is 9.29. The molecule has 0 unspecified atom stereocenters. The van der Waals surface area contributed by atoms with Crippen LogP contribution >= 0.6 is 11.6 Å². The molecule has 0 spiro atoms. The molecule has 150 valence electrons. The highest BCUT2D eigenvalue weighted by Crippen LogP contribution is 2.26. The van der Waals surface area contributed by atoms with Crippen LogP contribution < -0.4 is 11.2 Å². The van der Waals surface area contributed by atoms with E-state index in [4.69, 9.17) is 16.3 Å². The number of aryl methyl sites for hydroxylation is 1. The molecule has 2 aromatic rings. The molecule has 6 nitrogen and oxygen atoms in total. The molecule has 0 aliphatic heterocycles. The lowest BCUT2D eigenvalue weighted by atomic mass is 10.1. The van der Waals surface area contributed by atoms with Crippen LogP contribution in [0.5, 0.6) is 0 Å². The summed E-state index contributed by atoms with van der Waals surface area (Å²) in [6.07, 6.45) is 5.51. The molecular weight excluding hydrogens is 387 g/mol. The van der Waals surface area contributed by atoms with Gasteiger partial charge in [-0.15, -0.1) is 0 Å². The molecule has 0 saturated heterocycles. The van der Waals surface area contributed by atoms with E-state index in [1.165, 1.54) is 17.7 Å². The van der Waals surface area contributed by atoms with Crippen LogP contribution in [0, 0.1) is 12.7 Å². The number of esters is 1. The second-order valence-electron chi connectivity index (χ2n) is 7.10. The van der Waals surface area contributed by atoms with E-state index in [0.717, 1.165) is 50.7 Å².